The highest BCUT2D eigenvalue weighted by atomic mass is 16.5. The first-order valence-corrected chi connectivity index (χ1v) is 9.97. The summed E-state index contributed by atoms with van der Waals surface area (Å²) in [7, 11) is 1.65. The summed E-state index contributed by atoms with van der Waals surface area (Å²) < 4.78 is 10.9. The monoisotopic (exact) mass is 390 g/mol. The van der Waals surface area contributed by atoms with Crippen LogP contribution in [0.5, 0.6) is 5.75 Å². The van der Waals surface area contributed by atoms with Crippen LogP contribution in [-0.2, 0) is 19.4 Å². The average molecular weight is 390 g/mol. The molecule has 0 bridgehead atoms. The third-order valence-electron chi connectivity index (χ3n) is 5.51. The van der Waals surface area contributed by atoms with Gasteiger partial charge in [-0.3, -0.25) is 4.79 Å². The van der Waals surface area contributed by atoms with Gasteiger partial charge in [0.2, 0.25) is 0 Å². The second-order valence-corrected chi connectivity index (χ2v) is 7.42. The summed E-state index contributed by atoms with van der Waals surface area (Å²) in [5, 5.41) is 3.01. The molecule has 0 aliphatic carbocycles. The number of fused-ring (bicyclic) bond motifs is 1. The van der Waals surface area contributed by atoms with Gasteiger partial charge in [-0.2, -0.15) is 0 Å². The van der Waals surface area contributed by atoms with Crippen LogP contribution in [0.1, 0.15) is 34.2 Å². The van der Waals surface area contributed by atoms with Crippen molar-refractivity contribution in [3.63, 3.8) is 0 Å². The topological polar surface area (TPSA) is 54.7 Å². The molecule has 0 radical (unpaired) electrons. The van der Waals surface area contributed by atoms with Gasteiger partial charge in [-0.25, -0.2) is 0 Å². The Bertz CT molecular complexity index is 978. The van der Waals surface area contributed by atoms with Gasteiger partial charge < -0.3 is 19.4 Å². The van der Waals surface area contributed by atoms with Gasteiger partial charge in [0.05, 0.1) is 25.5 Å². The first-order valence-electron chi connectivity index (χ1n) is 9.97. The quantitative estimate of drug-likeness (QED) is 0.657. The summed E-state index contributed by atoms with van der Waals surface area (Å²) in [6.07, 6.45) is 3.38. The maximum atomic E-state index is 12.7. The first kappa shape index (κ1) is 19.1. The molecule has 1 atom stereocenters. The third kappa shape index (κ3) is 4.14. The van der Waals surface area contributed by atoms with E-state index in [4.69, 9.17) is 9.15 Å². The molecular formula is C24H26N2O3. The van der Waals surface area contributed by atoms with Crippen LogP contribution in [0.4, 0.5) is 5.69 Å². The molecule has 4 rings (SSSR count). The number of furan rings is 1. The summed E-state index contributed by atoms with van der Waals surface area (Å²) in [5.74, 6) is 1.44. The lowest BCUT2D eigenvalue weighted by molar-refractivity contribution is 0.0952. The van der Waals surface area contributed by atoms with E-state index in [-0.39, 0.29) is 5.91 Å². The summed E-state index contributed by atoms with van der Waals surface area (Å²) in [5.41, 5.74) is 4.33. The number of carbonyl (C=O) groups is 1. The number of ether oxygens (including phenoxy) is 1. The Balaban J connectivity index is 1.38. The van der Waals surface area contributed by atoms with E-state index in [1.807, 2.05) is 24.3 Å². The normalized spacial score (nSPS) is 15.2. The Morgan fingerprint density at radius 3 is 2.76 bits per heavy atom. The van der Waals surface area contributed by atoms with Crippen molar-refractivity contribution in [2.75, 3.05) is 18.6 Å². The van der Waals surface area contributed by atoms with Gasteiger partial charge in [0.15, 0.2) is 0 Å². The molecule has 1 amide bonds. The van der Waals surface area contributed by atoms with E-state index >= 15 is 0 Å². The fourth-order valence-corrected chi connectivity index (χ4v) is 3.90. The molecule has 3 aromatic rings. The smallest absolute Gasteiger partial charge is 0.254 e. The highest BCUT2D eigenvalue weighted by Crippen LogP contribution is 2.33. The molecule has 5 heteroatoms. The summed E-state index contributed by atoms with van der Waals surface area (Å²) in [6.45, 7) is 3.36. The van der Waals surface area contributed by atoms with Crippen molar-refractivity contribution < 1.29 is 13.9 Å². The van der Waals surface area contributed by atoms with Crippen LogP contribution in [0.25, 0.3) is 0 Å². The molecule has 0 saturated carbocycles. The zero-order chi connectivity index (χ0) is 20.2. The van der Waals surface area contributed by atoms with Crippen molar-refractivity contribution in [2.24, 2.45) is 0 Å². The number of hydrogen-bond acceptors (Lipinski definition) is 4. The molecule has 0 fully saturated rings. The number of nitrogens with zero attached hydrogens (tertiary/aromatic N) is 1. The van der Waals surface area contributed by atoms with Crippen molar-refractivity contribution in [1.82, 2.24) is 5.32 Å². The second kappa shape index (κ2) is 8.43. The van der Waals surface area contributed by atoms with E-state index in [0.717, 1.165) is 24.2 Å². The fourth-order valence-electron chi connectivity index (χ4n) is 3.90. The largest absolute Gasteiger partial charge is 0.497 e. The maximum Gasteiger partial charge on any atom is 0.254 e. The Morgan fingerprint density at radius 1 is 1.17 bits per heavy atom. The highest BCUT2D eigenvalue weighted by Gasteiger charge is 2.27. The molecule has 0 spiro atoms. The maximum absolute atomic E-state index is 12.7. The average Bonchev–Trinajstić information content (AvgIpc) is 3.33. The standard InChI is InChI=1S/C24H26N2O3/c1-17-15-19-5-3-4-6-22(19)26(17)16-23-21(12-14-29-23)24(27)25-13-11-18-7-9-20(28-2)10-8-18/h3-10,12,14,17H,11,13,15-16H2,1-2H3,(H,25,27). The number of hydrogen-bond donors (Lipinski definition) is 1. The number of carbonyl (C=O) groups excluding carboxylic acids is 1. The Morgan fingerprint density at radius 2 is 1.97 bits per heavy atom. The third-order valence-corrected chi connectivity index (χ3v) is 5.51. The van der Waals surface area contributed by atoms with Gasteiger partial charge in [-0.05, 0) is 55.2 Å². The number of methoxy groups -OCH3 is 1. The van der Waals surface area contributed by atoms with Gasteiger partial charge in [-0.1, -0.05) is 30.3 Å². The van der Waals surface area contributed by atoms with Gasteiger partial charge >= 0.3 is 0 Å². The Hall–Kier alpha value is -3.21. The molecule has 150 valence electrons. The summed E-state index contributed by atoms with van der Waals surface area (Å²) >= 11 is 0. The number of amides is 1. The van der Waals surface area contributed by atoms with Crippen molar-refractivity contribution >= 4 is 11.6 Å². The van der Waals surface area contributed by atoms with Crippen LogP contribution in [-0.4, -0.2) is 25.6 Å². The predicted octanol–water partition coefficient (Wildman–Crippen LogP) is 4.21. The second-order valence-electron chi connectivity index (χ2n) is 7.42. The molecule has 1 aliphatic rings. The van der Waals surface area contributed by atoms with Gasteiger partial charge in [-0.15, -0.1) is 0 Å². The molecule has 1 aromatic heterocycles. The predicted molar refractivity (Wildman–Crippen MR) is 114 cm³/mol. The minimum absolute atomic E-state index is 0.0950. The van der Waals surface area contributed by atoms with Crippen molar-refractivity contribution in [2.45, 2.75) is 32.4 Å². The molecule has 1 N–H and O–H groups in total. The van der Waals surface area contributed by atoms with Gasteiger partial charge in [0, 0.05) is 18.3 Å². The minimum Gasteiger partial charge on any atom is -0.497 e. The van der Waals surface area contributed by atoms with E-state index in [0.29, 0.717) is 30.5 Å². The summed E-state index contributed by atoms with van der Waals surface area (Å²) in [4.78, 5) is 15.0. The van der Waals surface area contributed by atoms with Crippen LogP contribution in [0, 0.1) is 0 Å². The van der Waals surface area contributed by atoms with Gasteiger partial charge in [0.25, 0.3) is 5.91 Å². The highest BCUT2D eigenvalue weighted by molar-refractivity contribution is 5.95. The molecule has 2 aromatic carbocycles. The molecule has 2 heterocycles. The lowest BCUT2D eigenvalue weighted by Gasteiger charge is -2.24. The number of para-hydroxylation sites is 1. The van der Waals surface area contributed by atoms with E-state index in [1.54, 1.807) is 19.4 Å². The number of nitrogens with one attached hydrogen (secondary N) is 1. The van der Waals surface area contributed by atoms with Gasteiger partial charge in [0.1, 0.15) is 11.5 Å². The van der Waals surface area contributed by atoms with Crippen LogP contribution in [0.3, 0.4) is 0 Å². The molecule has 5 nitrogen and oxygen atoms in total. The number of rotatable bonds is 7. The zero-order valence-corrected chi connectivity index (χ0v) is 16.9. The molecular weight excluding hydrogens is 364 g/mol. The Kier molecular flexibility index (Phi) is 5.56. The SMILES string of the molecule is COc1ccc(CCNC(=O)c2ccoc2CN2c3ccccc3CC2C)cc1. The first-order chi connectivity index (χ1) is 14.2. The zero-order valence-electron chi connectivity index (χ0n) is 16.9. The van der Waals surface area contributed by atoms with Crippen LogP contribution in [0.15, 0.2) is 65.3 Å². The van der Waals surface area contributed by atoms with Crippen molar-refractivity contribution in [3.05, 3.63) is 83.3 Å². The fraction of sp³-hybridized carbons (Fsp3) is 0.292. The Labute approximate surface area is 171 Å². The lowest BCUT2D eigenvalue weighted by Crippen LogP contribution is -2.31. The molecule has 0 saturated heterocycles. The minimum atomic E-state index is -0.0950. The van der Waals surface area contributed by atoms with E-state index < -0.39 is 0 Å². The summed E-state index contributed by atoms with van der Waals surface area (Å²) in [6, 6.07) is 18.5. The molecule has 1 aliphatic heterocycles. The number of anilines is 1. The van der Waals surface area contributed by atoms with Crippen molar-refractivity contribution in [1.29, 1.82) is 0 Å². The molecule has 29 heavy (non-hydrogen) atoms. The van der Waals surface area contributed by atoms with E-state index in [1.165, 1.54) is 11.3 Å². The lowest BCUT2D eigenvalue weighted by atomic mass is 10.1. The van der Waals surface area contributed by atoms with Crippen LogP contribution >= 0.6 is 0 Å². The van der Waals surface area contributed by atoms with E-state index in [9.17, 15) is 4.79 Å². The van der Waals surface area contributed by atoms with Crippen LogP contribution in [0.2, 0.25) is 0 Å². The van der Waals surface area contributed by atoms with E-state index in [2.05, 4.69) is 41.4 Å². The molecule has 1 unspecified atom stereocenters. The van der Waals surface area contributed by atoms with Crippen LogP contribution < -0.4 is 15.0 Å². The van der Waals surface area contributed by atoms with Crippen molar-refractivity contribution in [3.8, 4) is 5.75 Å². The number of benzene rings is 2.